The van der Waals surface area contributed by atoms with Gasteiger partial charge < -0.3 is 19.5 Å². The smallest absolute Gasteiger partial charge is 0.329 e. The lowest BCUT2D eigenvalue weighted by Gasteiger charge is -2.28. The second kappa shape index (κ2) is 12.3. The number of carbonyl (C=O) groups is 1. The van der Waals surface area contributed by atoms with Crippen LogP contribution >= 0.6 is 0 Å². The molecule has 0 radical (unpaired) electrons. The van der Waals surface area contributed by atoms with Gasteiger partial charge >= 0.3 is 5.97 Å². The number of carboxylic acids is 1. The Hall–Kier alpha value is -3.29. The molecule has 0 aliphatic carbocycles. The number of rotatable bonds is 12. The molecule has 7 nitrogen and oxygen atoms in total. The fraction of sp³-hybridized carbons (Fsp3) is 0.370. The van der Waals surface area contributed by atoms with Crippen molar-refractivity contribution < 1.29 is 19.4 Å². The standard InChI is InChI=1S/C27H33N3O4/c1-19(2)30(13-14-33-15-16-34-18-25(31)32)24-17-28-26(22-9-5-20(3)6-10-22)27(29-24)23-11-7-21(4)8-12-23/h5-12,17,19H,13-16,18H2,1-4H3,(H,31,32). The first-order chi connectivity index (χ1) is 16.3. The molecular formula is C27H33N3O4. The summed E-state index contributed by atoms with van der Waals surface area (Å²) in [6.07, 6.45) is 1.82. The van der Waals surface area contributed by atoms with Gasteiger partial charge in [0.15, 0.2) is 0 Å². The molecule has 0 saturated carbocycles. The van der Waals surface area contributed by atoms with Gasteiger partial charge in [0.1, 0.15) is 12.4 Å². The van der Waals surface area contributed by atoms with E-state index < -0.39 is 5.97 Å². The maximum absolute atomic E-state index is 10.5. The van der Waals surface area contributed by atoms with Crippen molar-refractivity contribution in [3.63, 3.8) is 0 Å². The van der Waals surface area contributed by atoms with Crippen LogP contribution in [0.1, 0.15) is 25.0 Å². The second-order valence-electron chi connectivity index (χ2n) is 8.50. The molecule has 0 saturated heterocycles. The van der Waals surface area contributed by atoms with Gasteiger partial charge in [-0.1, -0.05) is 59.7 Å². The fourth-order valence-electron chi connectivity index (χ4n) is 3.53. The molecule has 0 bridgehead atoms. The average molecular weight is 464 g/mol. The number of benzene rings is 2. The molecular weight excluding hydrogens is 430 g/mol. The summed E-state index contributed by atoms with van der Waals surface area (Å²) in [4.78, 5) is 22.6. The summed E-state index contributed by atoms with van der Waals surface area (Å²) in [5, 5.41) is 8.61. The molecule has 3 rings (SSSR count). The predicted octanol–water partition coefficient (Wildman–Crippen LogP) is 4.76. The van der Waals surface area contributed by atoms with E-state index in [0.717, 1.165) is 28.3 Å². The van der Waals surface area contributed by atoms with Crippen molar-refractivity contribution in [2.24, 2.45) is 0 Å². The minimum absolute atomic E-state index is 0.192. The molecule has 1 N–H and O–H groups in total. The van der Waals surface area contributed by atoms with Gasteiger partial charge in [-0.2, -0.15) is 0 Å². The summed E-state index contributed by atoms with van der Waals surface area (Å²) < 4.78 is 10.7. The molecule has 0 unspecified atom stereocenters. The van der Waals surface area contributed by atoms with Gasteiger partial charge in [0.25, 0.3) is 0 Å². The van der Waals surface area contributed by atoms with Crippen LogP contribution in [-0.2, 0) is 14.3 Å². The Kier molecular flexibility index (Phi) is 9.13. The highest BCUT2D eigenvalue weighted by Gasteiger charge is 2.17. The molecule has 34 heavy (non-hydrogen) atoms. The summed E-state index contributed by atoms with van der Waals surface area (Å²) in [6.45, 7) is 9.72. The van der Waals surface area contributed by atoms with Crippen molar-refractivity contribution >= 4 is 11.8 Å². The number of anilines is 1. The van der Waals surface area contributed by atoms with Crippen LogP contribution in [0.2, 0.25) is 0 Å². The highest BCUT2D eigenvalue weighted by atomic mass is 16.5. The predicted molar refractivity (Wildman–Crippen MR) is 134 cm³/mol. The van der Waals surface area contributed by atoms with Crippen molar-refractivity contribution in [3.8, 4) is 22.5 Å². The Morgan fingerprint density at radius 1 is 0.882 bits per heavy atom. The van der Waals surface area contributed by atoms with E-state index in [-0.39, 0.29) is 19.3 Å². The third-order valence-electron chi connectivity index (χ3n) is 5.40. The Morgan fingerprint density at radius 2 is 1.44 bits per heavy atom. The van der Waals surface area contributed by atoms with Crippen LogP contribution in [-0.4, -0.2) is 60.1 Å². The molecule has 7 heteroatoms. The van der Waals surface area contributed by atoms with Gasteiger partial charge in [0.2, 0.25) is 0 Å². The third-order valence-corrected chi connectivity index (χ3v) is 5.40. The van der Waals surface area contributed by atoms with Crippen molar-refractivity contribution in [2.45, 2.75) is 33.7 Å². The highest BCUT2D eigenvalue weighted by molar-refractivity contribution is 5.79. The highest BCUT2D eigenvalue weighted by Crippen LogP contribution is 2.31. The Labute approximate surface area is 201 Å². The lowest BCUT2D eigenvalue weighted by Crippen LogP contribution is -2.35. The van der Waals surface area contributed by atoms with Crippen LogP contribution in [0.25, 0.3) is 22.5 Å². The Bertz CT molecular complexity index is 1070. The summed E-state index contributed by atoms with van der Waals surface area (Å²) in [7, 11) is 0. The molecule has 0 aliphatic heterocycles. The van der Waals surface area contributed by atoms with Crippen molar-refractivity contribution in [1.29, 1.82) is 0 Å². The zero-order valence-electron chi connectivity index (χ0n) is 20.3. The molecule has 180 valence electrons. The van der Waals surface area contributed by atoms with E-state index >= 15 is 0 Å². The number of aromatic nitrogens is 2. The van der Waals surface area contributed by atoms with Crippen molar-refractivity contribution in [1.82, 2.24) is 9.97 Å². The third kappa shape index (κ3) is 7.10. The maximum Gasteiger partial charge on any atom is 0.329 e. The normalized spacial score (nSPS) is 11.1. The van der Waals surface area contributed by atoms with Crippen molar-refractivity contribution in [3.05, 3.63) is 65.9 Å². The van der Waals surface area contributed by atoms with E-state index in [4.69, 9.17) is 24.5 Å². The summed E-state index contributed by atoms with van der Waals surface area (Å²) in [6, 6.07) is 16.9. The first-order valence-electron chi connectivity index (χ1n) is 11.5. The molecule has 1 aromatic heterocycles. The van der Waals surface area contributed by atoms with Crippen molar-refractivity contribution in [2.75, 3.05) is 37.9 Å². The van der Waals surface area contributed by atoms with Gasteiger partial charge in [-0.25, -0.2) is 9.78 Å². The summed E-state index contributed by atoms with van der Waals surface area (Å²) >= 11 is 0. The van der Waals surface area contributed by atoms with Gasteiger partial charge in [-0.3, -0.25) is 4.98 Å². The number of aryl methyl sites for hydroxylation is 2. The fourth-order valence-corrected chi connectivity index (χ4v) is 3.53. The lowest BCUT2D eigenvalue weighted by atomic mass is 10.0. The SMILES string of the molecule is Cc1ccc(-c2ncc(N(CCOCCOCC(=O)O)C(C)C)nc2-c2ccc(C)cc2)cc1. The lowest BCUT2D eigenvalue weighted by molar-refractivity contribution is -0.142. The number of carboxylic acid groups (broad SMARTS) is 1. The summed E-state index contributed by atoms with van der Waals surface area (Å²) in [5.74, 6) is -0.199. The van der Waals surface area contributed by atoms with Crippen LogP contribution in [0.15, 0.2) is 54.7 Å². The van der Waals surface area contributed by atoms with Crippen LogP contribution in [0.4, 0.5) is 5.82 Å². The molecule has 1 heterocycles. The van der Waals surface area contributed by atoms with Crippen LogP contribution < -0.4 is 4.90 Å². The largest absolute Gasteiger partial charge is 0.480 e. The zero-order chi connectivity index (χ0) is 24.5. The molecule has 0 spiro atoms. The topological polar surface area (TPSA) is 84.8 Å². The monoisotopic (exact) mass is 463 g/mol. The Morgan fingerprint density at radius 3 is 2.00 bits per heavy atom. The van der Waals surface area contributed by atoms with E-state index in [1.165, 1.54) is 11.1 Å². The van der Waals surface area contributed by atoms with E-state index in [1.54, 1.807) is 0 Å². The van der Waals surface area contributed by atoms with Gasteiger partial charge in [-0.05, 0) is 27.7 Å². The Balaban J connectivity index is 1.82. The quantitative estimate of drug-likeness (QED) is 0.388. The van der Waals surface area contributed by atoms with Gasteiger partial charge in [0.05, 0.1) is 37.4 Å². The molecule has 2 aromatic carbocycles. The molecule has 0 fully saturated rings. The minimum Gasteiger partial charge on any atom is -0.480 e. The average Bonchev–Trinajstić information content (AvgIpc) is 2.81. The number of aliphatic carboxylic acids is 1. The van der Waals surface area contributed by atoms with E-state index in [1.807, 2.05) is 6.20 Å². The van der Waals surface area contributed by atoms with Crippen LogP contribution in [0.3, 0.4) is 0 Å². The first kappa shape index (κ1) is 25.3. The van der Waals surface area contributed by atoms with Crippen LogP contribution in [0, 0.1) is 13.8 Å². The number of nitrogens with zero attached hydrogens (tertiary/aromatic N) is 3. The number of hydrogen-bond donors (Lipinski definition) is 1. The maximum atomic E-state index is 10.5. The second-order valence-corrected chi connectivity index (χ2v) is 8.50. The molecule has 3 aromatic rings. The molecule has 0 atom stereocenters. The molecule has 0 aliphatic rings. The number of hydrogen-bond acceptors (Lipinski definition) is 6. The summed E-state index contributed by atoms with van der Waals surface area (Å²) in [5.41, 5.74) is 6.13. The van der Waals surface area contributed by atoms with E-state index in [0.29, 0.717) is 19.8 Å². The zero-order valence-corrected chi connectivity index (χ0v) is 20.3. The minimum atomic E-state index is -0.983. The van der Waals surface area contributed by atoms with E-state index in [9.17, 15) is 4.79 Å². The van der Waals surface area contributed by atoms with Crippen LogP contribution in [0.5, 0.6) is 0 Å². The molecule has 0 amide bonds. The first-order valence-corrected chi connectivity index (χ1v) is 11.5. The van der Waals surface area contributed by atoms with E-state index in [2.05, 4.69) is 81.1 Å². The van der Waals surface area contributed by atoms with Gasteiger partial charge in [0, 0.05) is 23.7 Å². The number of ether oxygens (including phenoxy) is 2. The van der Waals surface area contributed by atoms with Gasteiger partial charge in [-0.15, -0.1) is 0 Å².